The summed E-state index contributed by atoms with van der Waals surface area (Å²) in [6, 6.07) is 5.85. The van der Waals surface area contributed by atoms with Crippen LogP contribution in [0.5, 0.6) is 0 Å². The SMILES string of the molecule is C[Si](C)O[Si](C)(C)[N]C(=O)c1cccc2c1C=CC2. The van der Waals surface area contributed by atoms with Crippen molar-refractivity contribution >= 4 is 29.5 Å². The summed E-state index contributed by atoms with van der Waals surface area (Å²) in [5, 5.41) is 0. The summed E-state index contributed by atoms with van der Waals surface area (Å²) < 4.78 is 5.88. The molecule has 2 rings (SSSR count). The van der Waals surface area contributed by atoms with E-state index in [1.54, 1.807) is 0 Å². The van der Waals surface area contributed by atoms with Gasteiger partial charge in [0, 0.05) is 5.56 Å². The Kier molecular flexibility index (Phi) is 4.08. The molecule has 1 aliphatic carbocycles. The fourth-order valence-corrected chi connectivity index (χ4v) is 7.09. The fourth-order valence-electron chi connectivity index (χ4n) is 2.31. The Balaban J connectivity index is 2.17. The van der Waals surface area contributed by atoms with Gasteiger partial charge >= 0.3 is 8.48 Å². The van der Waals surface area contributed by atoms with Crippen LogP contribution in [0.25, 0.3) is 6.08 Å². The van der Waals surface area contributed by atoms with Crippen molar-refractivity contribution < 1.29 is 8.91 Å². The predicted molar refractivity (Wildman–Crippen MR) is 81.7 cm³/mol. The number of benzene rings is 1. The van der Waals surface area contributed by atoms with Crippen LogP contribution in [0.15, 0.2) is 24.3 Å². The second kappa shape index (κ2) is 5.44. The van der Waals surface area contributed by atoms with Gasteiger partial charge in [0.25, 0.3) is 5.91 Å². The zero-order chi connectivity index (χ0) is 14.0. The molecular weight excluding hydrogens is 270 g/mol. The third-order valence-corrected chi connectivity index (χ3v) is 7.25. The molecule has 5 heteroatoms. The van der Waals surface area contributed by atoms with E-state index in [9.17, 15) is 4.79 Å². The zero-order valence-electron chi connectivity index (χ0n) is 11.9. The second-order valence-corrected chi connectivity index (χ2v) is 11.1. The van der Waals surface area contributed by atoms with Gasteiger partial charge in [0.2, 0.25) is 0 Å². The van der Waals surface area contributed by atoms with Crippen LogP contribution in [0.3, 0.4) is 0 Å². The molecule has 1 aromatic rings. The largest absolute Gasteiger partial charge is 0.440 e. The van der Waals surface area contributed by atoms with Crippen molar-refractivity contribution in [2.75, 3.05) is 0 Å². The van der Waals surface area contributed by atoms with Crippen molar-refractivity contribution in [1.82, 2.24) is 4.98 Å². The summed E-state index contributed by atoms with van der Waals surface area (Å²) in [6.45, 7) is 8.09. The molecule has 0 aromatic heterocycles. The van der Waals surface area contributed by atoms with E-state index < -0.39 is 17.5 Å². The summed E-state index contributed by atoms with van der Waals surface area (Å²) in [4.78, 5) is 16.7. The molecule has 0 fully saturated rings. The third-order valence-electron chi connectivity index (χ3n) is 2.87. The van der Waals surface area contributed by atoms with Crippen LogP contribution >= 0.6 is 0 Å². The lowest BCUT2D eigenvalue weighted by molar-refractivity contribution is 0.0970. The van der Waals surface area contributed by atoms with Crippen LogP contribution in [0.1, 0.15) is 21.5 Å². The Morgan fingerprint density at radius 3 is 2.79 bits per heavy atom. The number of hydrogen-bond acceptors (Lipinski definition) is 2. The van der Waals surface area contributed by atoms with Gasteiger partial charge < -0.3 is 4.12 Å². The van der Waals surface area contributed by atoms with Crippen molar-refractivity contribution in [3.8, 4) is 0 Å². The quantitative estimate of drug-likeness (QED) is 0.800. The molecule has 0 heterocycles. The number of nitrogens with zero attached hydrogens (tertiary/aromatic N) is 1. The van der Waals surface area contributed by atoms with Gasteiger partial charge in [-0.1, -0.05) is 24.3 Å². The van der Waals surface area contributed by atoms with Gasteiger partial charge in [-0.3, -0.25) is 9.78 Å². The van der Waals surface area contributed by atoms with E-state index in [-0.39, 0.29) is 5.91 Å². The van der Waals surface area contributed by atoms with Crippen LogP contribution in [0, 0.1) is 0 Å². The Morgan fingerprint density at radius 2 is 2.11 bits per heavy atom. The highest BCUT2D eigenvalue weighted by atomic mass is 28.4. The first kappa shape index (κ1) is 14.2. The van der Waals surface area contributed by atoms with Crippen molar-refractivity contribution in [1.29, 1.82) is 0 Å². The van der Waals surface area contributed by atoms with Gasteiger partial charge in [0.05, 0.1) is 0 Å². The molecule has 19 heavy (non-hydrogen) atoms. The maximum absolute atomic E-state index is 12.4. The highest BCUT2D eigenvalue weighted by molar-refractivity contribution is 6.77. The Bertz CT molecular complexity index is 524. The van der Waals surface area contributed by atoms with E-state index in [0.717, 1.165) is 12.0 Å². The molecular formula is C14H19NO2Si2. The predicted octanol–water partition coefficient (Wildman–Crippen LogP) is 2.97. The van der Waals surface area contributed by atoms with Gasteiger partial charge in [-0.05, 0) is 49.8 Å². The number of hydrogen-bond donors (Lipinski definition) is 0. The summed E-state index contributed by atoms with van der Waals surface area (Å²) in [7, 11) is -3.08. The van der Waals surface area contributed by atoms with Gasteiger partial charge in [0.15, 0.2) is 9.04 Å². The number of carbonyl (C=O) groups excluding carboxylic acids is 1. The maximum Gasteiger partial charge on any atom is 0.307 e. The number of amides is 1. The molecule has 0 aliphatic heterocycles. The Morgan fingerprint density at radius 1 is 1.37 bits per heavy atom. The summed E-state index contributed by atoms with van der Waals surface area (Å²) in [6.07, 6.45) is 5.01. The van der Waals surface area contributed by atoms with Gasteiger partial charge in [-0.2, -0.15) is 0 Å². The average Bonchev–Trinajstić information content (AvgIpc) is 2.73. The summed E-state index contributed by atoms with van der Waals surface area (Å²) >= 11 is 0. The van der Waals surface area contributed by atoms with E-state index in [0.29, 0.717) is 5.56 Å². The molecule has 0 spiro atoms. The second-order valence-electron chi connectivity index (χ2n) is 5.36. The first-order valence-electron chi connectivity index (χ1n) is 6.44. The number of rotatable bonds is 4. The lowest BCUT2D eigenvalue weighted by Crippen LogP contribution is -2.48. The molecule has 1 aliphatic rings. The topological polar surface area (TPSA) is 40.4 Å². The van der Waals surface area contributed by atoms with E-state index in [2.05, 4.69) is 30.2 Å². The number of allylic oxidation sites excluding steroid dienone is 1. The number of fused-ring (bicyclic) bond motifs is 1. The Labute approximate surface area is 117 Å². The molecule has 1 amide bonds. The third kappa shape index (κ3) is 3.43. The van der Waals surface area contributed by atoms with Crippen LogP contribution in [-0.2, 0) is 10.5 Å². The van der Waals surface area contributed by atoms with Crippen LogP contribution in [-0.4, -0.2) is 23.4 Å². The molecule has 0 atom stereocenters. The van der Waals surface area contributed by atoms with Crippen LogP contribution < -0.4 is 4.98 Å². The zero-order valence-corrected chi connectivity index (χ0v) is 13.9. The highest BCUT2D eigenvalue weighted by Crippen LogP contribution is 2.23. The van der Waals surface area contributed by atoms with Crippen LogP contribution in [0.2, 0.25) is 26.2 Å². The molecule has 1 aromatic carbocycles. The highest BCUT2D eigenvalue weighted by Gasteiger charge is 2.30. The van der Waals surface area contributed by atoms with Crippen molar-refractivity contribution in [2.24, 2.45) is 0 Å². The van der Waals surface area contributed by atoms with E-state index in [1.165, 1.54) is 5.56 Å². The van der Waals surface area contributed by atoms with E-state index in [1.807, 2.05) is 31.3 Å². The first-order valence-corrected chi connectivity index (χ1v) is 11.7. The molecule has 3 nitrogen and oxygen atoms in total. The standard InChI is InChI=1S/C14H19NO2Si2/c1-18(2)17-19(3,4)15-14(16)13-10-6-8-11-7-5-9-12(11)13/h5-6,8-10H,7H2,1-4H3. The smallest absolute Gasteiger partial charge is 0.307 e. The minimum atomic E-state index is -2.25. The normalized spacial score (nSPS) is 13.7. The van der Waals surface area contributed by atoms with Crippen molar-refractivity contribution in [3.63, 3.8) is 0 Å². The van der Waals surface area contributed by atoms with E-state index in [4.69, 9.17) is 4.12 Å². The molecule has 0 bridgehead atoms. The number of carbonyl (C=O) groups is 1. The molecule has 2 radical (unpaired) electrons. The lowest BCUT2D eigenvalue weighted by atomic mass is 10.0. The fraction of sp³-hybridized carbons (Fsp3) is 0.357. The van der Waals surface area contributed by atoms with Gasteiger partial charge in [0.1, 0.15) is 0 Å². The van der Waals surface area contributed by atoms with Crippen LogP contribution in [0.4, 0.5) is 0 Å². The minimum Gasteiger partial charge on any atom is -0.440 e. The molecule has 0 N–H and O–H groups in total. The summed E-state index contributed by atoms with van der Waals surface area (Å²) in [5.41, 5.74) is 2.94. The van der Waals surface area contributed by atoms with E-state index >= 15 is 0 Å². The lowest BCUT2D eigenvalue weighted by Gasteiger charge is -2.23. The Hall–Kier alpha value is -1.18. The average molecular weight is 289 g/mol. The van der Waals surface area contributed by atoms with Gasteiger partial charge in [-0.25, -0.2) is 0 Å². The maximum atomic E-state index is 12.4. The summed E-state index contributed by atoms with van der Waals surface area (Å²) in [5.74, 6) is -0.136. The molecule has 0 unspecified atom stereocenters. The van der Waals surface area contributed by atoms with Gasteiger partial charge in [-0.15, -0.1) is 0 Å². The molecule has 100 valence electrons. The first-order chi connectivity index (χ1) is 8.89. The minimum absolute atomic E-state index is 0.136. The monoisotopic (exact) mass is 289 g/mol. The van der Waals surface area contributed by atoms with Crippen molar-refractivity contribution in [2.45, 2.75) is 32.6 Å². The van der Waals surface area contributed by atoms with Crippen molar-refractivity contribution in [3.05, 3.63) is 41.0 Å². The molecule has 0 saturated heterocycles. The molecule has 0 saturated carbocycles.